The molecule has 0 aliphatic carbocycles. The van der Waals surface area contributed by atoms with Gasteiger partial charge >= 0.3 is 0 Å². The van der Waals surface area contributed by atoms with Gasteiger partial charge in [-0.05, 0) is 34.5 Å². The molecular formula is C10H28O2Si3-. The molecule has 0 aliphatic rings. The van der Waals surface area contributed by atoms with E-state index in [-0.39, 0.29) is 0 Å². The van der Waals surface area contributed by atoms with Crippen LogP contribution in [-0.2, 0) is 8.23 Å². The summed E-state index contributed by atoms with van der Waals surface area (Å²) in [6.45, 7) is 15.7. The third kappa shape index (κ3) is 8.39. The fourth-order valence-electron chi connectivity index (χ4n) is 1.91. The van der Waals surface area contributed by atoms with Gasteiger partial charge in [0.25, 0.3) is 8.56 Å². The van der Waals surface area contributed by atoms with E-state index in [1.165, 1.54) is 18.9 Å². The lowest BCUT2D eigenvalue weighted by atomic mass is 10.4. The molecule has 0 saturated heterocycles. The fraction of sp³-hybridized carbons (Fsp3) is 1.00. The van der Waals surface area contributed by atoms with E-state index >= 15 is 0 Å². The largest absolute Gasteiger partial charge is 0.590 e. The number of hydrogen-bond donors (Lipinski definition) is 0. The normalized spacial score (nSPS) is 13.6. The molecule has 2 nitrogen and oxygen atoms in total. The van der Waals surface area contributed by atoms with Crippen molar-refractivity contribution in [3.63, 3.8) is 0 Å². The van der Waals surface area contributed by atoms with Crippen LogP contribution in [0.3, 0.4) is 0 Å². The van der Waals surface area contributed by atoms with E-state index in [0.717, 1.165) is 0 Å². The van der Waals surface area contributed by atoms with Gasteiger partial charge in [0.05, 0.1) is 0 Å². The van der Waals surface area contributed by atoms with Gasteiger partial charge in [-0.15, -0.1) is 19.1 Å². The predicted octanol–water partition coefficient (Wildman–Crippen LogP) is 3.71. The lowest BCUT2D eigenvalue weighted by Gasteiger charge is -2.44. The Morgan fingerprint density at radius 2 is 1.73 bits per heavy atom. The quantitative estimate of drug-likeness (QED) is 0.653. The Morgan fingerprint density at radius 1 is 1.20 bits per heavy atom. The van der Waals surface area contributed by atoms with E-state index in [0.29, 0.717) is 0 Å². The van der Waals surface area contributed by atoms with E-state index < -0.39 is 25.9 Å². The summed E-state index contributed by atoms with van der Waals surface area (Å²) in [5.74, 6) is 0. The zero-order chi connectivity index (χ0) is 12.1. The van der Waals surface area contributed by atoms with Crippen LogP contribution in [0.15, 0.2) is 0 Å². The van der Waals surface area contributed by atoms with E-state index in [1.54, 1.807) is 0 Å². The van der Waals surface area contributed by atoms with Gasteiger partial charge in [0.2, 0.25) is 0 Å². The molecule has 0 atom stereocenters. The first kappa shape index (κ1) is 15.6. The van der Waals surface area contributed by atoms with Crippen molar-refractivity contribution >= 4 is 25.9 Å². The molecule has 0 rings (SSSR count). The van der Waals surface area contributed by atoms with Crippen LogP contribution >= 0.6 is 0 Å². The Labute approximate surface area is 99.5 Å². The minimum atomic E-state index is -1.83. The Bertz CT molecular complexity index is 182. The number of rotatable bonds is 7. The second-order valence-corrected chi connectivity index (χ2v) is 16.2. The maximum absolute atomic E-state index is 6.33. The van der Waals surface area contributed by atoms with Crippen LogP contribution in [0.5, 0.6) is 0 Å². The molecule has 93 valence electrons. The molecule has 0 fully saturated rings. The van der Waals surface area contributed by atoms with Gasteiger partial charge in [0, 0.05) is 0 Å². The van der Waals surface area contributed by atoms with E-state index in [1.807, 2.05) is 0 Å². The first-order valence-corrected chi connectivity index (χ1v) is 14.8. The number of hydrogen-bond acceptors (Lipinski definition) is 2. The van der Waals surface area contributed by atoms with Crippen molar-refractivity contribution in [3.05, 3.63) is 0 Å². The summed E-state index contributed by atoms with van der Waals surface area (Å²) in [5, 5.41) is 0. The molecular weight excluding hydrogens is 236 g/mol. The average molecular weight is 265 g/mol. The van der Waals surface area contributed by atoms with E-state index in [4.69, 9.17) is 8.23 Å². The molecule has 0 aromatic carbocycles. The average Bonchev–Trinajstić information content (AvgIpc) is 1.95. The van der Waals surface area contributed by atoms with Crippen LogP contribution in [-0.4, -0.2) is 25.9 Å². The first-order valence-electron chi connectivity index (χ1n) is 6.06. The van der Waals surface area contributed by atoms with Crippen LogP contribution in [0, 0.1) is 0 Å². The summed E-state index contributed by atoms with van der Waals surface area (Å²) in [5.41, 5.74) is 0. The molecule has 0 aliphatic heterocycles. The zero-order valence-corrected chi connectivity index (χ0v) is 14.7. The highest BCUT2D eigenvalue weighted by Gasteiger charge is 2.27. The second kappa shape index (κ2) is 6.34. The Balaban J connectivity index is 4.16. The molecule has 0 aromatic rings. The standard InChI is InChI=1S/C10H28O2Si3/c1-8-9-10-14(4,5)12-15(6,7)11-13(2)3/h13H,8-10H2,1-7H3/q-1. The van der Waals surface area contributed by atoms with Crippen molar-refractivity contribution in [2.24, 2.45) is 0 Å². The summed E-state index contributed by atoms with van der Waals surface area (Å²) in [6, 6.07) is 1.27. The zero-order valence-electron chi connectivity index (χ0n) is 11.5. The van der Waals surface area contributed by atoms with Crippen LogP contribution in [0.2, 0.25) is 45.3 Å². The third-order valence-corrected chi connectivity index (χ3v) is 12.1. The maximum atomic E-state index is 6.33. The van der Waals surface area contributed by atoms with Gasteiger partial charge in [-0.25, -0.2) is 0 Å². The molecule has 0 N–H and O–H groups in total. The minimum absolute atomic E-state index is 0.953. The predicted molar refractivity (Wildman–Crippen MR) is 75.7 cm³/mol. The third-order valence-electron chi connectivity index (χ3n) is 2.17. The molecule has 0 unspecified atom stereocenters. The van der Waals surface area contributed by atoms with Crippen molar-refractivity contribution in [3.8, 4) is 0 Å². The minimum Gasteiger partial charge on any atom is -0.590 e. The first-order chi connectivity index (χ1) is 6.68. The molecule has 0 aromatic heterocycles. The summed E-state index contributed by atoms with van der Waals surface area (Å²) < 4.78 is 12.4. The molecule has 0 radical (unpaired) electrons. The Hall–Kier alpha value is 0.571. The van der Waals surface area contributed by atoms with Crippen molar-refractivity contribution < 1.29 is 8.23 Å². The van der Waals surface area contributed by atoms with Crippen molar-refractivity contribution in [2.75, 3.05) is 0 Å². The molecule has 0 bridgehead atoms. The highest BCUT2D eigenvalue weighted by atomic mass is 28.5. The van der Waals surface area contributed by atoms with Crippen molar-refractivity contribution in [1.29, 1.82) is 0 Å². The molecule has 0 spiro atoms. The molecule has 0 saturated carbocycles. The molecule has 5 heteroatoms. The van der Waals surface area contributed by atoms with Crippen LogP contribution in [0.1, 0.15) is 19.8 Å². The monoisotopic (exact) mass is 264 g/mol. The van der Waals surface area contributed by atoms with Gasteiger partial charge in [-0.1, -0.05) is 19.8 Å². The SMILES string of the molecule is CCCC[Si-](C)(C)O[Si](C)(C)O[SiH](C)C. The van der Waals surface area contributed by atoms with Gasteiger partial charge in [-0.3, -0.25) is 0 Å². The van der Waals surface area contributed by atoms with E-state index in [2.05, 4.69) is 46.2 Å². The summed E-state index contributed by atoms with van der Waals surface area (Å²) in [6.07, 6.45) is 2.56. The molecule has 15 heavy (non-hydrogen) atoms. The Kier molecular flexibility index (Phi) is 6.58. The topological polar surface area (TPSA) is 18.5 Å². The lowest BCUT2D eigenvalue weighted by Crippen LogP contribution is -2.48. The molecule has 0 amide bonds. The van der Waals surface area contributed by atoms with Crippen LogP contribution < -0.4 is 0 Å². The lowest BCUT2D eigenvalue weighted by molar-refractivity contribution is 0.400. The van der Waals surface area contributed by atoms with Gasteiger partial charge in [-0.2, -0.15) is 0 Å². The summed E-state index contributed by atoms with van der Waals surface area (Å²) >= 11 is 0. The highest BCUT2D eigenvalue weighted by Crippen LogP contribution is 2.21. The van der Waals surface area contributed by atoms with Crippen LogP contribution in [0.4, 0.5) is 0 Å². The highest BCUT2D eigenvalue weighted by molar-refractivity contribution is 6.84. The smallest absolute Gasteiger partial charge is 0.281 e. The van der Waals surface area contributed by atoms with Gasteiger partial charge < -0.3 is 8.23 Å². The van der Waals surface area contributed by atoms with Crippen molar-refractivity contribution in [1.82, 2.24) is 0 Å². The molecule has 0 heterocycles. The summed E-state index contributed by atoms with van der Waals surface area (Å²) in [7, 11) is -4.25. The van der Waals surface area contributed by atoms with Crippen LogP contribution in [0.25, 0.3) is 0 Å². The second-order valence-electron chi connectivity index (χ2n) is 5.53. The van der Waals surface area contributed by atoms with E-state index in [9.17, 15) is 0 Å². The van der Waals surface area contributed by atoms with Gasteiger partial charge in [0.15, 0.2) is 9.04 Å². The summed E-state index contributed by atoms with van der Waals surface area (Å²) in [4.78, 5) is 0. The Morgan fingerprint density at radius 3 is 2.13 bits per heavy atom. The van der Waals surface area contributed by atoms with Gasteiger partial charge in [0.1, 0.15) is 0 Å². The fourth-order valence-corrected chi connectivity index (χ4v) is 14.0. The number of unbranched alkanes of at least 4 members (excludes halogenated alkanes) is 1. The van der Waals surface area contributed by atoms with Crippen molar-refractivity contribution in [2.45, 2.75) is 65.1 Å². The maximum Gasteiger partial charge on any atom is 0.281 e.